The fraction of sp³-hybridized carbons (Fsp3) is 0.536. The van der Waals surface area contributed by atoms with Crippen molar-refractivity contribution < 1.29 is 13.2 Å². The average Bonchev–Trinajstić information content (AvgIpc) is 3.16. The predicted octanol–water partition coefficient (Wildman–Crippen LogP) is 7.35. The molecule has 0 saturated heterocycles. The second-order valence-corrected chi connectivity index (χ2v) is 13.2. The summed E-state index contributed by atoms with van der Waals surface area (Å²) in [5.74, 6) is 2.58. The molecule has 5 rings (SSSR count). The Morgan fingerprint density at radius 3 is 2.47 bits per heavy atom. The van der Waals surface area contributed by atoms with Gasteiger partial charge in [-0.2, -0.15) is 0 Å². The minimum absolute atomic E-state index is 0.0538. The van der Waals surface area contributed by atoms with Crippen LogP contribution in [0.15, 0.2) is 63.2 Å². The minimum atomic E-state index is -3.88. The van der Waals surface area contributed by atoms with Gasteiger partial charge in [0.2, 0.25) is 9.84 Å². The van der Waals surface area contributed by atoms with Gasteiger partial charge in [0, 0.05) is 11.4 Å². The summed E-state index contributed by atoms with van der Waals surface area (Å²) in [5, 5.41) is 0.428. The third-order valence-corrected chi connectivity index (χ3v) is 11.5. The molecule has 0 heterocycles. The van der Waals surface area contributed by atoms with E-state index in [0.717, 1.165) is 49.9 Å². The first-order valence-corrected chi connectivity index (χ1v) is 14.1. The van der Waals surface area contributed by atoms with E-state index in [1.807, 2.05) is 0 Å². The smallest absolute Gasteiger partial charge is 0.282 e. The van der Waals surface area contributed by atoms with Crippen molar-refractivity contribution in [2.45, 2.75) is 63.7 Å². The maximum Gasteiger partial charge on any atom is 0.282 e. The highest BCUT2D eigenvalue weighted by Gasteiger charge is 2.57. The Bertz CT molecular complexity index is 1250. The number of nitrogens with zero attached hydrogens (tertiary/aromatic N) is 1. The number of rotatable bonds is 3. The van der Waals surface area contributed by atoms with Crippen LogP contribution in [0, 0.1) is 35.2 Å². The Hall–Kier alpha value is -2.03. The minimum Gasteiger partial charge on any atom is -0.501 e. The second kappa shape index (κ2) is 8.28. The Balaban J connectivity index is 1.53. The molecular weight excluding hydrogens is 466 g/mol. The number of methoxy groups -OCH3 is 1. The van der Waals surface area contributed by atoms with Gasteiger partial charge in [0.05, 0.1) is 24.3 Å². The molecule has 0 spiro atoms. The fourth-order valence-electron chi connectivity index (χ4n) is 7.64. The van der Waals surface area contributed by atoms with E-state index in [2.05, 4.69) is 30.8 Å². The Morgan fingerprint density at radius 2 is 1.79 bits per heavy atom. The van der Waals surface area contributed by atoms with Crippen molar-refractivity contribution in [3.63, 3.8) is 0 Å². The van der Waals surface area contributed by atoms with Crippen molar-refractivity contribution >= 4 is 21.4 Å². The van der Waals surface area contributed by atoms with E-state index in [-0.39, 0.29) is 20.8 Å². The van der Waals surface area contributed by atoms with Gasteiger partial charge in [0.15, 0.2) is 0 Å². The van der Waals surface area contributed by atoms with E-state index in [1.165, 1.54) is 17.7 Å². The topological polar surface area (TPSA) is 47.7 Å². The quantitative estimate of drug-likeness (QED) is 0.410. The van der Waals surface area contributed by atoms with Crippen LogP contribution in [0.4, 0.5) is 0 Å². The molecule has 5 atom stereocenters. The van der Waals surface area contributed by atoms with Crippen molar-refractivity contribution in [1.29, 1.82) is 0 Å². The van der Waals surface area contributed by atoms with Crippen LogP contribution in [0.2, 0.25) is 5.02 Å². The van der Waals surface area contributed by atoms with E-state index in [0.29, 0.717) is 29.2 Å². The molecule has 0 unspecified atom stereocenters. The van der Waals surface area contributed by atoms with Crippen molar-refractivity contribution in [1.82, 2.24) is 0 Å². The normalized spacial score (nSPS) is 36.3. The van der Waals surface area contributed by atoms with Gasteiger partial charge in [-0.1, -0.05) is 31.5 Å². The molecule has 1 aromatic rings. The van der Waals surface area contributed by atoms with Crippen molar-refractivity contribution in [2.24, 2.45) is 28.6 Å². The lowest BCUT2D eigenvalue weighted by molar-refractivity contribution is -0.00837. The maximum atomic E-state index is 13.5. The van der Waals surface area contributed by atoms with Crippen molar-refractivity contribution in [3.8, 4) is 0 Å². The number of fused-ring (bicyclic) bond motifs is 5. The molecule has 180 valence electrons. The number of sulfone groups is 1. The van der Waals surface area contributed by atoms with Crippen LogP contribution in [0.25, 0.3) is 4.85 Å². The lowest BCUT2D eigenvalue weighted by Gasteiger charge is -2.56. The van der Waals surface area contributed by atoms with E-state index in [1.54, 1.807) is 19.2 Å². The molecular formula is C28H32ClNO3S. The molecule has 0 aliphatic heterocycles. The monoisotopic (exact) mass is 497 g/mol. The van der Waals surface area contributed by atoms with E-state index >= 15 is 0 Å². The Labute approximate surface area is 208 Å². The molecule has 0 amide bonds. The number of ether oxygens (including phenoxy) is 1. The second-order valence-electron chi connectivity index (χ2n) is 10.9. The first-order chi connectivity index (χ1) is 16.1. The fourth-order valence-corrected chi connectivity index (χ4v) is 9.26. The highest BCUT2D eigenvalue weighted by Crippen LogP contribution is 2.66. The van der Waals surface area contributed by atoms with Gasteiger partial charge in [0.25, 0.3) is 5.03 Å². The molecule has 1 aromatic carbocycles. The number of hydrogen-bond acceptors (Lipinski definition) is 3. The summed E-state index contributed by atoms with van der Waals surface area (Å²) in [6.07, 6.45) is 11.4. The summed E-state index contributed by atoms with van der Waals surface area (Å²) in [6, 6.07) is 6.17. The van der Waals surface area contributed by atoms with Crippen molar-refractivity contribution in [2.75, 3.05) is 7.11 Å². The van der Waals surface area contributed by atoms with Crippen molar-refractivity contribution in [3.05, 3.63) is 74.8 Å². The molecule has 0 aromatic heterocycles. The summed E-state index contributed by atoms with van der Waals surface area (Å²) in [7, 11) is -2.12. The predicted molar refractivity (Wildman–Crippen MR) is 134 cm³/mol. The van der Waals surface area contributed by atoms with Gasteiger partial charge in [-0.25, -0.2) is 13.3 Å². The van der Waals surface area contributed by atoms with Gasteiger partial charge < -0.3 is 4.74 Å². The summed E-state index contributed by atoms with van der Waals surface area (Å²) in [6.45, 7) is 12.5. The maximum absolute atomic E-state index is 13.5. The van der Waals surface area contributed by atoms with Crippen LogP contribution in [0.3, 0.4) is 0 Å². The first-order valence-electron chi connectivity index (χ1n) is 12.2. The molecule has 4 aliphatic carbocycles. The lowest BCUT2D eigenvalue weighted by Crippen LogP contribution is -2.48. The number of hydrogen-bond donors (Lipinski definition) is 0. The van der Waals surface area contributed by atoms with Gasteiger partial charge in [-0.05, 0) is 109 Å². The van der Waals surface area contributed by atoms with E-state index < -0.39 is 9.84 Å². The molecule has 0 N–H and O–H groups in total. The SMILES string of the molecule is [C-]#[N+]/C(=C1\CC[C@H]2[C@@H]3CC=C4C=C(OC)CC[C@]4(C)[C@H]3CC[C@]12C)S(=O)(=O)c1ccc(Cl)cc1. The first kappa shape index (κ1) is 23.7. The molecule has 2 saturated carbocycles. The van der Waals surface area contributed by atoms with E-state index in [4.69, 9.17) is 22.9 Å². The molecule has 2 fully saturated rings. The number of allylic oxidation sites excluding steroid dienone is 5. The van der Waals surface area contributed by atoms with Gasteiger partial charge in [-0.15, -0.1) is 0 Å². The summed E-state index contributed by atoms with van der Waals surface area (Å²) < 4.78 is 32.6. The third kappa shape index (κ3) is 3.40. The zero-order valence-electron chi connectivity index (χ0n) is 20.1. The molecule has 34 heavy (non-hydrogen) atoms. The van der Waals surface area contributed by atoms with Crippen LogP contribution in [-0.4, -0.2) is 15.5 Å². The molecule has 0 radical (unpaired) electrons. The van der Waals surface area contributed by atoms with Crippen LogP contribution in [0.1, 0.15) is 58.8 Å². The zero-order valence-corrected chi connectivity index (χ0v) is 21.7. The summed E-state index contributed by atoms with van der Waals surface area (Å²) >= 11 is 5.97. The van der Waals surface area contributed by atoms with Gasteiger partial charge in [0.1, 0.15) is 0 Å². The van der Waals surface area contributed by atoms with E-state index in [9.17, 15) is 8.42 Å². The standard InChI is InChI=1S/C28H32ClNO3S/c1-27-15-13-20(33-4)17-18(27)5-10-22-23-11-12-25(28(23,2)16-14-24(22)27)26(30-3)34(31,32)21-8-6-19(29)7-9-21/h5-9,17,22-24H,10-16H2,1-2,4H3/b26-25-/t22-,23-,24-,27-,28-/m0/s1. The van der Waals surface area contributed by atoms with Gasteiger partial charge in [-0.3, -0.25) is 0 Å². The molecule has 6 heteroatoms. The van der Waals surface area contributed by atoms with Gasteiger partial charge >= 0.3 is 0 Å². The third-order valence-electron chi connectivity index (χ3n) is 9.52. The van der Waals surface area contributed by atoms with Crippen LogP contribution >= 0.6 is 11.6 Å². The Morgan fingerprint density at radius 1 is 1.09 bits per heavy atom. The van der Waals surface area contributed by atoms with Crippen LogP contribution in [0.5, 0.6) is 0 Å². The summed E-state index contributed by atoms with van der Waals surface area (Å²) in [5.41, 5.74) is 2.17. The molecule has 4 nitrogen and oxygen atoms in total. The zero-order chi connectivity index (χ0) is 24.3. The van der Waals surface area contributed by atoms with Crippen LogP contribution in [-0.2, 0) is 14.6 Å². The average molecular weight is 498 g/mol. The number of halogens is 1. The Kier molecular flexibility index (Phi) is 5.77. The highest BCUT2D eigenvalue weighted by atomic mass is 35.5. The largest absolute Gasteiger partial charge is 0.501 e. The summed E-state index contributed by atoms with van der Waals surface area (Å²) in [4.78, 5) is 3.80. The van der Waals surface area contributed by atoms with Crippen LogP contribution < -0.4 is 0 Å². The number of benzene rings is 1. The molecule has 0 bridgehead atoms. The lowest BCUT2D eigenvalue weighted by atomic mass is 9.48. The molecule has 4 aliphatic rings. The highest BCUT2D eigenvalue weighted by molar-refractivity contribution is 7.95.